The smallest absolute Gasteiger partial charge is 0.341 e. The molecule has 0 unspecified atom stereocenters. The van der Waals surface area contributed by atoms with Crippen LogP contribution in [0.3, 0.4) is 0 Å². The van der Waals surface area contributed by atoms with Crippen molar-refractivity contribution in [3.8, 4) is 11.3 Å². The van der Waals surface area contributed by atoms with E-state index >= 15 is 0 Å². The standard InChI is InChI=1S/C14H13BrFNO3/c1-14(2,3)12-10(13(18)19)11(17-20-12)8-5-4-7(16)6-9(8)15/h4-6H,1-3H3,(H,18,19). The maximum atomic E-state index is 13.1. The van der Waals surface area contributed by atoms with Gasteiger partial charge in [-0.15, -0.1) is 0 Å². The molecule has 4 nitrogen and oxygen atoms in total. The summed E-state index contributed by atoms with van der Waals surface area (Å²) in [7, 11) is 0. The van der Waals surface area contributed by atoms with Gasteiger partial charge in [0.05, 0.1) is 0 Å². The Bertz CT molecular complexity index is 674. The molecule has 0 spiro atoms. The summed E-state index contributed by atoms with van der Waals surface area (Å²) >= 11 is 3.21. The largest absolute Gasteiger partial charge is 0.477 e. The Kier molecular flexibility index (Phi) is 3.69. The molecular weight excluding hydrogens is 329 g/mol. The Hall–Kier alpha value is -1.69. The molecule has 0 saturated carbocycles. The molecule has 0 saturated heterocycles. The molecule has 1 N–H and O–H groups in total. The summed E-state index contributed by atoms with van der Waals surface area (Å²) in [5.74, 6) is -1.25. The van der Waals surface area contributed by atoms with Crippen molar-refractivity contribution in [2.75, 3.05) is 0 Å². The van der Waals surface area contributed by atoms with Crippen molar-refractivity contribution in [2.45, 2.75) is 26.2 Å². The van der Waals surface area contributed by atoms with Crippen molar-refractivity contribution in [1.82, 2.24) is 5.16 Å². The fourth-order valence-corrected chi connectivity index (χ4v) is 2.40. The molecule has 0 aliphatic carbocycles. The van der Waals surface area contributed by atoms with Crippen LogP contribution in [0, 0.1) is 5.82 Å². The zero-order chi connectivity index (χ0) is 15.1. The SMILES string of the molecule is CC(C)(C)c1onc(-c2ccc(F)cc2Br)c1C(=O)O. The average molecular weight is 342 g/mol. The van der Waals surface area contributed by atoms with Gasteiger partial charge in [-0.3, -0.25) is 0 Å². The topological polar surface area (TPSA) is 63.3 Å². The predicted octanol–water partition coefficient (Wildman–Crippen LogP) is 4.24. The highest BCUT2D eigenvalue weighted by Crippen LogP contribution is 2.36. The van der Waals surface area contributed by atoms with Crippen molar-refractivity contribution in [3.63, 3.8) is 0 Å². The number of aromatic carboxylic acids is 1. The first kappa shape index (κ1) is 14.7. The molecule has 0 aliphatic heterocycles. The second kappa shape index (κ2) is 5.01. The Morgan fingerprint density at radius 1 is 1.40 bits per heavy atom. The van der Waals surface area contributed by atoms with E-state index in [9.17, 15) is 14.3 Å². The van der Waals surface area contributed by atoms with E-state index in [0.717, 1.165) is 0 Å². The van der Waals surface area contributed by atoms with Gasteiger partial charge < -0.3 is 9.63 Å². The molecule has 2 aromatic rings. The van der Waals surface area contributed by atoms with Gasteiger partial charge in [-0.2, -0.15) is 0 Å². The van der Waals surface area contributed by atoms with Gasteiger partial charge in [-0.05, 0) is 34.1 Å². The van der Waals surface area contributed by atoms with E-state index < -0.39 is 17.2 Å². The number of carboxylic acid groups (broad SMARTS) is 1. The zero-order valence-corrected chi connectivity index (χ0v) is 12.8. The lowest BCUT2D eigenvalue weighted by molar-refractivity contribution is 0.0693. The van der Waals surface area contributed by atoms with E-state index in [1.54, 1.807) is 0 Å². The molecule has 1 aromatic heterocycles. The van der Waals surface area contributed by atoms with Crippen molar-refractivity contribution < 1.29 is 18.8 Å². The van der Waals surface area contributed by atoms with E-state index in [1.807, 2.05) is 20.8 Å². The number of halogens is 2. The van der Waals surface area contributed by atoms with Crippen molar-refractivity contribution >= 4 is 21.9 Å². The minimum absolute atomic E-state index is 0.00445. The fourth-order valence-electron chi connectivity index (χ4n) is 1.87. The Morgan fingerprint density at radius 2 is 2.05 bits per heavy atom. The van der Waals surface area contributed by atoms with Crippen LogP contribution in [0.4, 0.5) is 4.39 Å². The second-order valence-corrected chi connectivity index (χ2v) is 6.27. The molecule has 106 valence electrons. The highest BCUT2D eigenvalue weighted by molar-refractivity contribution is 9.10. The minimum Gasteiger partial charge on any atom is -0.477 e. The Morgan fingerprint density at radius 3 is 2.55 bits per heavy atom. The van der Waals surface area contributed by atoms with E-state index in [1.165, 1.54) is 18.2 Å². The van der Waals surface area contributed by atoms with Crippen LogP contribution in [0.15, 0.2) is 27.2 Å². The molecule has 0 aliphatic rings. The van der Waals surface area contributed by atoms with Crippen LogP contribution < -0.4 is 0 Å². The number of aromatic nitrogens is 1. The zero-order valence-electron chi connectivity index (χ0n) is 11.2. The molecule has 2 rings (SSSR count). The van der Waals surface area contributed by atoms with Crippen LogP contribution in [0.2, 0.25) is 0 Å². The summed E-state index contributed by atoms with van der Waals surface area (Å²) in [6.07, 6.45) is 0. The van der Waals surface area contributed by atoms with Crippen LogP contribution in [0.25, 0.3) is 11.3 Å². The maximum absolute atomic E-state index is 13.1. The van der Waals surface area contributed by atoms with Crippen molar-refractivity contribution in [1.29, 1.82) is 0 Å². The first-order chi connectivity index (χ1) is 9.21. The molecule has 0 amide bonds. The van der Waals surface area contributed by atoms with E-state index in [2.05, 4.69) is 21.1 Å². The van der Waals surface area contributed by atoms with Crippen LogP contribution in [-0.4, -0.2) is 16.2 Å². The number of benzene rings is 1. The van der Waals surface area contributed by atoms with Gasteiger partial charge in [0.1, 0.15) is 17.1 Å². The number of carboxylic acids is 1. The van der Waals surface area contributed by atoms with Crippen LogP contribution in [0.5, 0.6) is 0 Å². The Labute approximate surface area is 123 Å². The molecule has 1 heterocycles. The van der Waals surface area contributed by atoms with Crippen molar-refractivity contribution in [2.24, 2.45) is 0 Å². The lowest BCUT2D eigenvalue weighted by Gasteiger charge is -2.14. The summed E-state index contributed by atoms with van der Waals surface area (Å²) in [6, 6.07) is 3.97. The third kappa shape index (κ3) is 2.60. The predicted molar refractivity (Wildman–Crippen MR) is 75.3 cm³/mol. The lowest BCUT2D eigenvalue weighted by Crippen LogP contribution is -2.15. The molecule has 1 aromatic carbocycles. The van der Waals surface area contributed by atoms with Gasteiger partial charge in [-0.25, -0.2) is 9.18 Å². The first-order valence-electron chi connectivity index (χ1n) is 5.90. The van der Waals surface area contributed by atoms with Crippen LogP contribution >= 0.6 is 15.9 Å². The fraction of sp³-hybridized carbons (Fsp3) is 0.286. The highest BCUT2D eigenvalue weighted by Gasteiger charge is 2.31. The third-order valence-electron chi connectivity index (χ3n) is 2.77. The summed E-state index contributed by atoms with van der Waals surface area (Å²) < 4.78 is 18.8. The lowest BCUT2D eigenvalue weighted by atomic mass is 9.89. The number of nitrogens with zero attached hydrogens (tertiary/aromatic N) is 1. The average Bonchev–Trinajstić information content (AvgIpc) is 2.72. The van der Waals surface area contributed by atoms with E-state index in [0.29, 0.717) is 10.0 Å². The van der Waals surface area contributed by atoms with Gasteiger partial charge >= 0.3 is 5.97 Å². The molecular formula is C14H13BrFNO3. The van der Waals surface area contributed by atoms with Gasteiger partial charge in [0.25, 0.3) is 0 Å². The third-order valence-corrected chi connectivity index (χ3v) is 3.43. The molecule has 0 atom stereocenters. The van der Waals surface area contributed by atoms with Gasteiger partial charge in [0.15, 0.2) is 5.76 Å². The monoisotopic (exact) mass is 341 g/mol. The number of carbonyl (C=O) groups is 1. The van der Waals surface area contributed by atoms with Crippen LogP contribution in [-0.2, 0) is 5.41 Å². The number of rotatable bonds is 2. The van der Waals surface area contributed by atoms with E-state index in [4.69, 9.17) is 4.52 Å². The van der Waals surface area contributed by atoms with Gasteiger partial charge in [0.2, 0.25) is 0 Å². The summed E-state index contributed by atoms with van der Waals surface area (Å²) in [5.41, 5.74) is 0.174. The van der Waals surface area contributed by atoms with E-state index in [-0.39, 0.29) is 17.0 Å². The molecule has 0 bridgehead atoms. The normalized spacial score (nSPS) is 11.7. The summed E-state index contributed by atoms with van der Waals surface area (Å²) in [6.45, 7) is 5.51. The van der Waals surface area contributed by atoms with Crippen LogP contribution in [0.1, 0.15) is 36.9 Å². The quantitative estimate of drug-likeness (QED) is 0.887. The van der Waals surface area contributed by atoms with Gasteiger partial charge in [-0.1, -0.05) is 25.9 Å². The highest BCUT2D eigenvalue weighted by atomic mass is 79.9. The summed E-state index contributed by atoms with van der Waals surface area (Å²) in [4.78, 5) is 11.5. The minimum atomic E-state index is -1.12. The molecule has 20 heavy (non-hydrogen) atoms. The van der Waals surface area contributed by atoms with Crippen molar-refractivity contribution in [3.05, 3.63) is 39.8 Å². The molecule has 0 fully saturated rings. The Balaban J connectivity index is 2.69. The molecule has 6 heteroatoms. The summed E-state index contributed by atoms with van der Waals surface area (Å²) in [5, 5.41) is 13.3. The number of hydrogen-bond donors (Lipinski definition) is 1. The maximum Gasteiger partial charge on any atom is 0.341 e. The molecule has 0 radical (unpaired) electrons. The first-order valence-corrected chi connectivity index (χ1v) is 6.70. The number of hydrogen-bond acceptors (Lipinski definition) is 3. The second-order valence-electron chi connectivity index (χ2n) is 5.41. The van der Waals surface area contributed by atoms with Gasteiger partial charge in [0, 0.05) is 15.5 Å².